The van der Waals surface area contributed by atoms with E-state index >= 15 is 0 Å². The molecule has 0 saturated heterocycles. The molecule has 0 fully saturated rings. The van der Waals surface area contributed by atoms with Crippen LogP contribution in [0.15, 0.2) is 121 Å². The van der Waals surface area contributed by atoms with Gasteiger partial charge in [0.25, 0.3) is 0 Å². The van der Waals surface area contributed by atoms with Gasteiger partial charge in [0.2, 0.25) is 0 Å². The van der Waals surface area contributed by atoms with E-state index in [0.717, 1.165) is 56.5 Å². The number of aromatic hydroxyl groups is 1. The van der Waals surface area contributed by atoms with Crippen molar-refractivity contribution in [3.8, 4) is 39.4 Å². The van der Waals surface area contributed by atoms with E-state index in [4.69, 9.17) is 9.97 Å². The van der Waals surface area contributed by atoms with Gasteiger partial charge in [-0.2, -0.15) is 0 Å². The van der Waals surface area contributed by atoms with E-state index in [9.17, 15) is 5.11 Å². The zero-order valence-electron chi connectivity index (χ0n) is 37.3. The number of pyridine rings is 2. The first-order chi connectivity index (χ1) is 28.3. The van der Waals surface area contributed by atoms with E-state index < -0.39 is 13.5 Å². The molecule has 0 amide bonds. The quantitative estimate of drug-likeness (QED) is 0.176. The largest absolute Gasteiger partial charge is 0.507 e. The van der Waals surface area contributed by atoms with Gasteiger partial charge < -0.3 is 5.11 Å². The SMILES string of the molecule is Cc1cccc(-c2cccc(N(c3ccc4c(n3)-c3c(O)cccc3C43c4cc(C(C)(C)C)ccc4-c4ccc(C(C)(C)C)cc43)c3c(C)cc([Si](C)(C)C)cc3C)c2)n1. The number of phenols is 1. The van der Waals surface area contributed by atoms with Gasteiger partial charge in [0.15, 0.2) is 0 Å². The summed E-state index contributed by atoms with van der Waals surface area (Å²) >= 11 is 0. The molecular formula is C55H57N3OSi. The number of hydrogen-bond donors (Lipinski definition) is 1. The van der Waals surface area contributed by atoms with Crippen molar-refractivity contribution >= 4 is 30.5 Å². The van der Waals surface area contributed by atoms with Gasteiger partial charge in [-0.1, -0.05) is 151 Å². The number of aryl methyl sites for hydroxylation is 3. The Morgan fingerprint density at radius 1 is 0.583 bits per heavy atom. The zero-order chi connectivity index (χ0) is 42.7. The highest BCUT2D eigenvalue weighted by atomic mass is 28.3. The first-order valence-corrected chi connectivity index (χ1v) is 24.9. The number of phenolic OH excluding ortho intramolecular Hbond substituents is 1. The van der Waals surface area contributed by atoms with Crippen LogP contribution in [-0.2, 0) is 16.2 Å². The van der Waals surface area contributed by atoms with Gasteiger partial charge in [-0.25, -0.2) is 4.98 Å². The molecular weight excluding hydrogens is 747 g/mol. The zero-order valence-corrected chi connectivity index (χ0v) is 38.3. The normalized spacial score (nSPS) is 13.9. The van der Waals surface area contributed by atoms with Crippen molar-refractivity contribution in [3.05, 3.63) is 172 Å². The van der Waals surface area contributed by atoms with Crippen LogP contribution in [0.2, 0.25) is 19.6 Å². The molecule has 0 radical (unpaired) electrons. The number of fused-ring (bicyclic) bond motifs is 10. The lowest BCUT2D eigenvalue weighted by Gasteiger charge is -2.33. The van der Waals surface area contributed by atoms with Crippen molar-refractivity contribution < 1.29 is 5.11 Å². The Balaban J connectivity index is 1.35. The van der Waals surface area contributed by atoms with E-state index in [-0.39, 0.29) is 16.6 Å². The molecule has 0 atom stereocenters. The number of hydrogen-bond acceptors (Lipinski definition) is 4. The first-order valence-electron chi connectivity index (χ1n) is 21.4. The monoisotopic (exact) mass is 803 g/mol. The number of rotatable bonds is 5. The van der Waals surface area contributed by atoms with Crippen molar-refractivity contribution in [1.82, 2.24) is 9.97 Å². The van der Waals surface area contributed by atoms with Gasteiger partial charge in [-0.15, -0.1) is 0 Å². The highest BCUT2D eigenvalue weighted by Gasteiger charge is 2.54. The lowest BCUT2D eigenvalue weighted by molar-refractivity contribution is 0.476. The minimum Gasteiger partial charge on any atom is -0.507 e. The average Bonchev–Trinajstić information content (AvgIpc) is 3.65. The Morgan fingerprint density at radius 2 is 1.18 bits per heavy atom. The summed E-state index contributed by atoms with van der Waals surface area (Å²) in [4.78, 5) is 13.0. The molecule has 2 aliphatic rings. The topological polar surface area (TPSA) is 49.2 Å². The molecule has 4 nitrogen and oxygen atoms in total. The standard InChI is InChI=1S/C55H57N3OSi/c1-33-28-40(60(10,11)12)29-34(2)52(33)58(39-18-14-17-36(30-39)47-20-13-16-35(3)56-47)49-27-26-44-51(57-49)50-43(19-15-21-48(50)59)55(44)45-31-37(53(4,5)6)22-24-41(45)42-25-23-38(32-46(42)55)54(7,8)9/h13-32,59H,1-12H3. The maximum absolute atomic E-state index is 12.1. The number of anilines is 3. The van der Waals surface area contributed by atoms with Crippen molar-refractivity contribution in [3.63, 3.8) is 0 Å². The molecule has 2 aliphatic carbocycles. The highest BCUT2D eigenvalue weighted by Crippen LogP contribution is 2.64. The van der Waals surface area contributed by atoms with Crippen LogP contribution in [-0.4, -0.2) is 23.1 Å². The average molecular weight is 804 g/mol. The predicted molar refractivity (Wildman–Crippen MR) is 255 cm³/mol. The van der Waals surface area contributed by atoms with E-state index in [0.29, 0.717) is 0 Å². The van der Waals surface area contributed by atoms with Gasteiger partial charge in [-0.05, 0) is 124 Å². The van der Waals surface area contributed by atoms with Gasteiger partial charge in [-0.3, -0.25) is 9.88 Å². The van der Waals surface area contributed by atoms with Crippen LogP contribution in [0.4, 0.5) is 17.2 Å². The summed E-state index contributed by atoms with van der Waals surface area (Å²) in [6, 6.07) is 44.4. The van der Waals surface area contributed by atoms with E-state index in [1.165, 1.54) is 49.7 Å². The van der Waals surface area contributed by atoms with Crippen LogP contribution in [0.1, 0.15) is 91.7 Å². The second-order valence-electron chi connectivity index (χ2n) is 20.3. The molecule has 1 N–H and O–H groups in total. The van der Waals surface area contributed by atoms with E-state index in [1.54, 1.807) is 0 Å². The fourth-order valence-corrected chi connectivity index (χ4v) is 11.1. The van der Waals surface area contributed by atoms with Crippen LogP contribution in [0.25, 0.3) is 33.6 Å². The van der Waals surface area contributed by atoms with E-state index in [1.807, 2.05) is 25.1 Å². The molecule has 0 unspecified atom stereocenters. The maximum Gasteiger partial charge on any atom is 0.138 e. The van der Waals surface area contributed by atoms with Crippen LogP contribution in [0.5, 0.6) is 5.75 Å². The van der Waals surface area contributed by atoms with Crippen LogP contribution >= 0.6 is 0 Å². The third-order valence-electron chi connectivity index (χ3n) is 12.9. The molecule has 9 rings (SSSR count). The lowest BCUT2D eigenvalue weighted by atomic mass is 9.69. The predicted octanol–water partition coefficient (Wildman–Crippen LogP) is 13.7. The molecule has 2 heterocycles. The third kappa shape index (κ3) is 6.15. The number of benzene rings is 5. The van der Waals surface area contributed by atoms with E-state index in [2.05, 4.69) is 183 Å². The Kier molecular flexibility index (Phi) is 9.00. The van der Waals surface area contributed by atoms with Crippen molar-refractivity contribution in [2.75, 3.05) is 4.90 Å². The summed E-state index contributed by atoms with van der Waals surface area (Å²) in [5.74, 6) is 1.04. The lowest BCUT2D eigenvalue weighted by Crippen LogP contribution is -2.38. The molecule has 1 spiro atoms. The molecule has 0 aliphatic heterocycles. The minimum atomic E-state index is -1.61. The van der Waals surface area contributed by atoms with Gasteiger partial charge in [0.05, 0.1) is 30.6 Å². The first kappa shape index (κ1) is 39.7. The van der Waals surface area contributed by atoms with Crippen molar-refractivity contribution in [2.24, 2.45) is 0 Å². The van der Waals surface area contributed by atoms with Crippen LogP contribution < -0.4 is 10.1 Å². The summed E-state index contributed by atoms with van der Waals surface area (Å²) in [5, 5.41) is 13.5. The number of nitrogens with zero attached hydrogens (tertiary/aromatic N) is 3. The van der Waals surface area contributed by atoms with Gasteiger partial charge >= 0.3 is 0 Å². The smallest absolute Gasteiger partial charge is 0.138 e. The number of aromatic nitrogens is 2. The Morgan fingerprint density at radius 3 is 1.77 bits per heavy atom. The molecule has 0 bridgehead atoms. The van der Waals surface area contributed by atoms with Crippen molar-refractivity contribution in [1.29, 1.82) is 0 Å². The van der Waals surface area contributed by atoms with Gasteiger partial charge in [0.1, 0.15) is 11.6 Å². The van der Waals surface area contributed by atoms with Crippen LogP contribution in [0, 0.1) is 20.8 Å². The second kappa shape index (κ2) is 13.6. The summed E-state index contributed by atoms with van der Waals surface area (Å²) < 4.78 is 0. The van der Waals surface area contributed by atoms with Gasteiger partial charge in [0, 0.05) is 22.5 Å². The Labute approximate surface area is 358 Å². The molecule has 5 aromatic carbocycles. The van der Waals surface area contributed by atoms with Crippen molar-refractivity contribution in [2.45, 2.75) is 98.2 Å². The Bertz CT molecular complexity index is 2800. The summed E-state index contributed by atoms with van der Waals surface area (Å²) in [6.07, 6.45) is 0. The maximum atomic E-state index is 12.1. The summed E-state index contributed by atoms with van der Waals surface area (Å²) in [5.41, 5.74) is 18.0. The van der Waals surface area contributed by atoms with Crippen LogP contribution in [0.3, 0.4) is 0 Å². The molecule has 60 heavy (non-hydrogen) atoms. The summed E-state index contributed by atoms with van der Waals surface area (Å²) in [6.45, 7) is 27.5. The molecule has 302 valence electrons. The molecule has 2 aromatic heterocycles. The fourth-order valence-electron chi connectivity index (χ4n) is 9.78. The Hall–Kier alpha value is -5.78. The second-order valence-corrected chi connectivity index (χ2v) is 25.4. The molecule has 0 saturated carbocycles. The fraction of sp³-hybridized carbons (Fsp3) is 0.273. The molecule has 5 heteroatoms. The minimum absolute atomic E-state index is 0.0590. The molecule has 7 aromatic rings. The summed E-state index contributed by atoms with van der Waals surface area (Å²) in [7, 11) is -1.61. The highest BCUT2D eigenvalue weighted by molar-refractivity contribution is 6.88. The third-order valence-corrected chi connectivity index (χ3v) is 15.0.